The third-order valence-corrected chi connectivity index (χ3v) is 5.45. The van der Waals surface area contributed by atoms with Crippen molar-refractivity contribution >= 4 is 27.0 Å². The van der Waals surface area contributed by atoms with Crippen LogP contribution in [-0.2, 0) is 10.0 Å². The van der Waals surface area contributed by atoms with E-state index in [2.05, 4.69) is 10.0 Å². The van der Waals surface area contributed by atoms with E-state index in [-0.39, 0.29) is 22.9 Å². The monoisotopic (exact) mass is 325 g/mol. The molecule has 8 heteroatoms. The number of thiophene rings is 1. The Morgan fingerprint density at radius 2 is 2.10 bits per heavy atom. The third kappa shape index (κ3) is 4.01. The number of nitrogens with zero attached hydrogens (tertiary/aromatic N) is 1. The van der Waals surface area contributed by atoms with Gasteiger partial charge in [0.2, 0.25) is 10.0 Å². The number of nitrogens with one attached hydrogen (secondary N) is 2. The van der Waals surface area contributed by atoms with Crippen LogP contribution in [0.1, 0.15) is 5.56 Å². The molecule has 2 N–H and O–H groups in total. The first-order valence-electron chi connectivity index (χ1n) is 5.99. The van der Waals surface area contributed by atoms with Gasteiger partial charge in [-0.1, -0.05) is 6.07 Å². The molecule has 2 rings (SSSR count). The van der Waals surface area contributed by atoms with Gasteiger partial charge in [-0.2, -0.15) is 5.26 Å². The van der Waals surface area contributed by atoms with E-state index in [9.17, 15) is 12.8 Å². The number of halogens is 1. The average molecular weight is 325 g/mol. The Labute approximate surface area is 126 Å². The standard InChI is InChI=1S/C13H12FN3O2S2/c14-11-3-4-12(10(8-11)9-15)16-5-6-17-21(18,19)13-2-1-7-20-13/h1-4,7-8,16-17H,5-6H2. The highest BCUT2D eigenvalue weighted by Gasteiger charge is 2.13. The molecule has 0 amide bonds. The van der Waals surface area contributed by atoms with Crippen LogP contribution >= 0.6 is 11.3 Å². The first-order chi connectivity index (χ1) is 10.0. The van der Waals surface area contributed by atoms with Gasteiger partial charge in [0.05, 0.1) is 11.3 Å². The second-order valence-corrected chi connectivity index (χ2v) is 7.00. The first-order valence-corrected chi connectivity index (χ1v) is 8.36. The smallest absolute Gasteiger partial charge is 0.250 e. The Bertz CT molecular complexity index is 752. The van der Waals surface area contributed by atoms with E-state index in [1.807, 2.05) is 6.07 Å². The van der Waals surface area contributed by atoms with Crippen LogP contribution in [0.2, 0.25) is 0 Å². The molecule has 0 unspecified atom stereocenters. The lowest BCUT2D eigenvalue weighted by molar-refractivity contribution is 0.585. The van der Waals surface area contributed by atoms with Crippen LogP contribution in [0.25, 0.3) is 0 Å². The summed E-state index contributed by atoms with van der Waals surface area (Å²) in [6.07, 6.45) is 0. The third-order valence-electron chi connectivity index (χ3n) is 2.59. The maximum atomic E-state index is 13.0. The minimum atomic E-state index is -3.49. The molecule has 0 bridgehead atoms. The maximum absolute atomic E-state index is 13.0. The zero-order valence-electron chi connectivity index (χ0n) is 10.8. The van der Waals surface area contributed by atoms with Gasteiger partial charge in [-0.3, -0.25) is 0 Å². The van der Waals surface area contributed by atoms with Crippen LogP contribution in [0.4, 0.5) is 10.1 Å². The number of hydrogen-bond acceptors (Lipinski definition) is 5. The van der Waals surface area contributed by atoms with Crippen molar-refractivity contribution in [2.45, 2.75) is 4.21 Å². The number of rotatable bonds is 6. The zero-order valence-corrected chi connectivity index (χ0v) is 12.5. The van der Waals surface area contributed by atoms with Gasteiger partial charge in [-0.15, -0.1) is 11.3 Å². The molecule has 0 fully saturated rings. The Morgan fingerprint density at radius 1 is 1.29 bits per heavy atom. The first kappa shape index (κ1) is 15.4. The quantitative estimate of drug-likeness (QED) is 0.797. The molecule has 0 spiro atoms. The van der Waals surface area contributed by atoms with Gasteiger partial charge in [-0.05, 0) is 29.6 Å². The van der Waals surface area contributed by atoms with Gasteiger partial charge >= 0.3 is 0 Å². The van der Waals surface area contributed by atoms with Gasteiger partial charge in [0.15, 0.2) is 0 Å². The van der Waals surface area contributed by atoms with Crippen molar-refractivity contribution in [3.8, 4) is 6.07 Å². The Hall–Kier alpha value is -1.95. The summed E-state index contributed by atoms with van der Waals surface area (Å²) in [4.78, 5) is 0. The highest BCUT2D eigenvalue weighted by Crippen LogP contribution is 2.16. The lowest BCUT2D eigenvalue weighted by Crippen LogP contribution is -2.28. The zero-order chi connectivity index (χ0) is 15.3. The predicted octanol–water partition coefficient (Wildman–Crippen LogP) is 2.15. The van der Waals surface area contributed by atoms with Crippen molar-refractivity contribution in [3.63, 3.8) is 0 Å². The largest absolute Gasteiger partial charge is 0.383 e. The molecular formula is C13H12FN3O2S2. The van der Waals surface area contributed by atoms with E-state index in [1.165, 1.54) is 18.2 Å². The van der Waals surface area contributed by atoms with Gasteiger partial charge in [0.1, 0.15) is 16.1 Å². The fourth-order valence-electron chi connectivity index (χ4n) is 1.63. The Balaban J connectivity index is 1.90. The van der Waals surface area contributed by atoms with Crippen molar-refractivity contribution in [1.82, 2.24) is 4.72 Å². The summed E-state index contributed by atoms with van der Waals surface area (Å²) in [6.45, 7) is 0.438. The number of benzene rings is 1. The Kier molecular flexibility index (Phi) is 4.90. The van der Waals surface area contributed by atoms with E-state index in [1.54, 1.807) is 11.4 Å². The van der Waals surface area contributed by atoms with Crippen molar-refractivity contribution in [2.75, 3.05) is 18.4 Å². The Morgan fingerprint density at radius 3 is 2.76 bits per heavy atom. The molecule has 0 atom stereocenters. The molecule has 0 radical (unpaired) electrons. The predicted molar refractivity (Wildman–Crippen MR) is 79.1 cm³/mol. The summed E-state index contributed by atoms with van der Waals surface area (Å²) >= 11 is 1.14. The van der Waals surface area contributed by atoms with Gasteiger partial charge in [0.25, 0.3) is 0 Å². The lowest BCUT2D eigenvalue weighted by atomic mass is 10.2. The fourth-order valence-corrected chi connectivity index (χ4v) is 3.70. The number of nitriles is 1. The molecule has 110 valence electrons. The molecule has 21 heavy (non-hydrogen) atoms. The molecule has 1 aromatic heterocycles. The van der Waals surface area contributed by atoms with Crippen LogP contribution in [0.15, 0.2) is 39.9 Å². The van der Waals surface area contributed by atoms with E-state index >= 15 is 0 Å². The van der Waals surface area contributed by atoms with Crippen molar-refractivity contribution in [2.24, 2.45) is 0 Å². The molecule has 1 aromatic carbocycles. The van der Waals surface area contributed by atoms with Gasteiger partial charge in [0, 0.05) is 13.1 Å². The second-order valence-electron chi connectivity index (χ2n) is 4.06. The molecule has 0 saturated heterocycles. The molecular weight excluding hydrogens is 313 g/mol. The molecule has 0 aliphatic heterocycles. The van der Waals surface area contributed by atoms with Crippen LogP contribution < -0.4 is 10.0 Å². The summed E-state index contributed by atoms with van der Waals surface area (Å²) in [5, 5.41) is 13.5. The maximum Gasteiger partial charge on any atom is 0.250 e. The molecule has 0 aliphatic rings. The lowest BCUT2D eigenvalue weighted by Gasteiger charge is -2.09. The van der Waals surface area contributed by atoms with E-state index in [4.69, 9.17) is 5.26 Å². The van der Waals surface area contributed by atoms with Crippen molar-refractivity contribution in [3.05, 3.63) is 47.1 Å². The highest BCUT2D eigenvalue weighted by molar-refractivity contribution is 7.91. The van der Waals surface area contributed by atoms with Gasteiger partial charge in [-0.25, -0.2) is 17.5 Å². The van der Waals surface area contributed by atoms with Crippen LogP contribution in [-0.4, -0.2) is 21.5 Å². The molecule has 0 saturated carbocycles. The minimum Gasteiger partial charge on any atom is -0.383 e. The molecule has 2 aromatic rings. The summed E-state index contributed by atoms with van der Waals surface area (Å²) in [6, 6.07) is 8.86. The summed E-state index contributed by atoms with van der Waals surface area (Å²) in [5.74, 6) is -0.490. The highest BCUT2D eigenvalue weighted by atomic mass is 32.2. The number of hydrogen-bond donors (Lipinski definition) is 2. The van der Waals surface area contributed by atoms with E-state index in [0.29, 0.717) is 5.69 Å². The normalized spacial score (nSPS) is 11.0. The SMILES string of the molecule is N#Cc1cc(F)ccc1NCCNS(=O)(=O)c1cccs1. The van der Waals surface area contributed by atoms with E-state index < -0.39 is 15.8 Å². The van der Waals surface area contributed by atoms with Gasteiger partial charge < -0.3 is 5.32 Å². The summed E-state index contributed by atoms with van der Waals surface area (Å²) in [5.41, 5.74) is 0.644. The molecule has 5 nitrogen and oxygen atoms in total. The minimum absolute atomic E-state index is 0.155. The number of anilines is 1. The van der Waals surface area contributed by atoms with Crippen molar-refractivity contribution in [1.29, 1.82) is 5.26 Å². The summed E-state index contributed by atoms with van der Waals surface area (Å²) in [7, 11) is -3.49. The van der Waals surface area contributed by atoms with Crippen LogP contribution in [0, 0.1) is 17.1 Å². The second kappa shape index (κ2) is 6.67. The van der Waals surface area contributed by atoms with Crippen LogP contribution in [0.5, 0.6) is 0 Å². The summed E-state index contributed by atoms with van der Waals surface area (Å²) < 4.78 is 39.3. The van der Waals surface area contributed by atoms with E-state index in [0.717, 1.165) is 17.4 Å². The average Bonchev–Trinajstić information content (AvgIpc) is 2.99. The van der Waals surface area contributed by atoms with Crippen LogP contribution in [0.3, 0.4) is 0 Å². The van der Waals surface area contributed by atoms with Crippen molar-refractivity contribution < 1.29 is 12.8 Å². The topological polar surface area (TPSA) is 82.0 Å². The molecule has 0 aliphatic carbocycles. The molecule has 1 heterocycles. The fraction of sp³-hybridized carbons (Fsp3) is 0.154. The number of sulfonamides is 1.